The molecule has 0 radical (unpaired) electrons. The summed E-state index contributed by atoms with van der Waals surface area (Å²) >= 11 is 0. The number of carbonyl (C=O) groups is 1. The molecule has 0 saturated carbocycles. The van der Waals surface area contributed by atoms with E-state index in [0.29, 0.717) is 6.42 Å². The number of carbonyl (C=O) groups excluding carboxylic acids is 1. The van der Waals surface area contributed by atoms with E-state index in [-0.39, 0.29) is 12.0 Å². The van der Waals surface area contributed by atoms with Gasteiger partial charge in [0.15, 0.2) is 0 Å². The quantitative estimate of drug-likeness (QED) is 0.542. The smallest absolute Gasteiger partial charge is 0.307 e. The van der Waals surface area contributed by atoms with Gasteiger partial charge in [-0.2, -0.15) is 0 Å². The van der Waals surface area contributed by atoms with Crippen LogP contribution in [0.4, 0.5) is 0 Å². The lowest BCUT2D eigenvalue weighted by Gasteiger charge is -2.21. The van der Waals surface area contributed by atoms with Gasteiger partial charge in [0.05, 0.1) is 6.42 Å². The van der Waals surface area contributed by atoms with Gasteiger partial charge in [0, 0.05) is 6.04 Å². The summed E-state index contributed by atoms with van der Waals surface area (Å²) in [5.74, 6) is -0.168. The number of hydrogen-bond donors (Lipinski definition) is 1. The first kappa shape index (κ1) is 13.2. The van der Waals surface area contributed by atoms with Gasteiger partial charge in [-0.3, -0.25) is 4.79 Å². The molecular weight excluding hydrogens is 178 g/mol. The van der Waals surface area contributed by atoms with Crippen molar-refractivity contribution in [3.63, 3.8) is 0 Å². The second-order valence-electron chi connectivity index (χ2n) is 4.30. The van der Waals surface area contributed by atoms with Gasteiger partial charge in [0.2, 0.25) is 0 Å². The number of ether oxygens (including phenoxy) is 1. The third-order valence-corrected chi connectivity index (χ3v) is 1.69. The number of hydrogen-bond acceptors (Lipinski definition) is 3. The average Bonchev–Trinajstić information content (AvgIpc) is 2.00. The van der Waals surface area contributed by atoms with Crippen LogP contribution in [-0.2, 0) is 9.53 Å². The van der Waals surface area contributed by atoms with Crippen LogP contribution in [0, 0.1) is 0 Å². The van der Waals surface area contributed by atoms with E-state index >= 15 is 0 Å². The molecule has 14 heavy (non-hydrogen) atoms. The molecule has 0 aliphatic rings. The molecule has 0 fully saturated rings. The summed E-state index contributed by atoms with van der Waals surface area (Å²) in [7, 11) is 1.83. The zero-order valence-corrected chi connectivity index (χ0v) is 9.59. The van der Waals surface area contributed by atoms with E-state index in [2.05, 4.69) is 11.9 Å². The van der Waals surface area contributed by atoms with Gasteiger partial charge < -0.3 is 10.1 Å². The minimum absolute atomic E-state index is 0.127. The van der Waals surface area contributed by atoms with Crippen LogP contribution >= 0.6 is 0 Å². The zero-order valence-electron chi connectivity index (χ0n) is 9.59. The van der Waals surface area contributed by atoms with Crippen molar-refractivity contribution in [2.45, 2.75) is 45.3 Å². The van der Waals surface area contributed by atoms with Gasteiger partial charge in [0.1, 0.15) is 5.60 Å². The first-order chi connectivity index (χ1) is 6.39. The first-order valence-corrected chi connectivity index (χ1v) is 4.89. The van der Waals surface area contributed by atoms with Gasteiger partial charge in [-0.1, -0.05) is 6.08 Å². The van der Waals surface area contributed by atoms with Gasteiger partial charge in [-0.15, -0.1) is 6.58 Å². The molecule has 1 atom stereocenters. The summed E-state index contributed by atoms with van der Waals surface area (Å²) in [4.78, 5) is 11.4. The second-order valence-corrected chi connectivity index (χ2v) is 4.30. The summed E-state index contributed by atoms with van der Waals surface area (Å²) < 4.78 is 5.20. The van der Waals surface area contributed by atoms with Crippen LogP contribution in [-0.4, -0.2) is 24.7 Å². The Morgan fingerprint density at radius 1 is 1.57 bits per heavy atom. The van der Waals surface area contributed by atoms with Crippen molar-refractivity contribution < 1.29 is 9.53 Å². The highest BCUT2D eigenvalue weighted by molar-refractivity contribution is 5.70. The van der Waals surface area contributed by atoms with Crippen molar-refractivity contribution in [2.24, 2.45) is 0 Å². The van der Waals surface area contributed by atoms with Crippen LogP contribution in [0.1, 0.15) is 33.6 Å². The lowest BCUT2D eigenvalue weighted by molar-refractivity contribution is -0.155. The molecular formula is C11H21NO2. The first-order valence-electron chi connectivity index (χ1n) is 4.89. The van der Waals surface area contributed by atoms with Gasteiger partial charge in [-0.25, -0.2) is 0 Å². The van der Waals surface area contributed by atoms with Crippen LogP contribution in [0.2, 0.25) is 0 Å². The van der Waals surface area contributed by atoms with E-state index < -0.39 is 5.60 Å². The molecule has 0 amide bonds. The lowest BCUT2D eigenvalue weighted by atomic mass is 10.1. The number of nitrogens with one attached hydrogen (secondary N) is 1. The molecule has 1 unspecified atom stereocenters. The standard InChI is InChI=1S/C11H21NO2/c1-6-7-9(12-5)8-10(13)14-11(2,3)4/h6,9,12H,1,7-8H2,2-5H3. The Balaban J connectivity index is 3.96. The molecule has 3 heteroatoms. The van der Waals surface area contributed by atoms with Crippen LogP contribution in [0.15, 0.2) is 12.7 Å². The van der Waals surface area contributed by atoms with Crippen LogP contribution in [0.25, 0.3) is 0 Å². The predicted molar refractivity (Wildman–Crippen MR) is 58.1 cm³/mol. The maximum absolute atomic E-state index is 11.4. The highest BCUT2D eigenvalue weighted by Gasteiger charge is 2.18. The van der Waals surface area contributed by atoms with Crippen LogP contribution < -0.4 is 5.32 Å². The summed E-state index contributed by atoms with van der Waals surface area (Å²) in [6.45, 7) is 9.24. The Bertz CT molecular complexity index is 194. The number of esters is 1. The molecule has 82 valence electrons. The highest BCUT2D eigenvalue weighted by atomic mass is 16.6. The topological polar surface area (TPSA) is 38.3 Å². The SMILES string of the molecule is C=CCC(CC(=O)OC(C)(C)C)NC. The fourth-order valence-corrected chi connectivity index (χ4v) is 1.09. The molecule has 1 N–H and O–H groups in total. The van der Waals surface area contributed by atoms with E-state index in [4.69, 9.17) is 4.74 Å². The zero-order chi connectivity index (χ0) is 11.2. The predicted octanol–water partition coefficient (Wildman–Crippen LogP) is 1.88. The molecule has 0 aromatic carbocycles. The van der Waals surface area contributed by atoms with Crippen molar-refractivity contribution >= 4 is 5.97 Å². The maximum atomic E-state index is 11.4. The Morgan fingerprint density at radius 3 is 2.50 bits per heavy atom. The Kier molecular flexibility index (Phi) is 5.46. The normalized spacial score (nSPS) is 13.4. The van der Waals surface area contributed by atoms with E-state index in [1.54, 1.807) is 6.08 Å². The van der Waals surface area contributed by atoms with Crippen molar-refractivity contribution in [1.29, 1.82) is 0 Å². The molecule has 0 aliphatic heterocycles. The van der Waals surface area contributed by atoms with E-state index in [0.717, 1.165) is 6.42 Å². The van der Waals surface area contributed by atoms with Crippen molar-refractivity contribution in [3.05, 3.63) is 12.7 Å². The minimum Gasteiger partial charge on any atom is -0.460 e. The Morgan fingerprint density at radius 2 is 2.14 bits per heavy atom. The maximum Gasteiger partial charge on any atom is 0.307 e. The van der Waals surface area contributed by atoms with Gasteiger partial charge in [0.25, 0.3) is 0 Å². The van der Waals surface area contributed by atoms with Gasteiger partial charge >= 0.3 is 5.97 Å². The van der Waals surface area contributed by atoms with Crippen LogP contribution in [0.5, 0.6) is 0 Å². The summed E-state index contributed by atoms with van der Waals surface area (Å²) in [5.41, 5.74) is -0.399. The molecule has 0 bridgehead atoms. The molecule has 0 spiro atoms. The minimum atomic E-state index is -0.399. The largest absolute Gasteiger partial charge is 0.460 e. The summed E-state index contributed by atoms with van der Waals surface area (Å²) in [6, 6.07) is 0.127. The molecule has 0 rings (SSSR count). The lowest BCUT2D eigenvalue weighted by Crippen LogP contribution is -2.31. The van der Waals surface area contributed by atoms with Crippen LogP contribution in [0.3, 0.4) is 0 Å². The number of rotatable bonds is 5. The molecule has 0 aliphatic carbocycles. The van der Waals surface area contributed by atoms with Crippen molar-refractivity contribution in [2.75, 3.05) is 7.05 Å². The van der Waals surface area contributed by atoms with E-state index in [1.807, 2.05) is 27.8 Å². The van der Waals surface area contributed by atoms with Crippen molar-refractivity contribution in [1.82, 2.24) is 5.32 Å². The average molecular weight is 199 g/mol. The Labute approximate surface area is 86.5 Å². The third-order valence-electron chi connectivity index (χ3n) is 1.69. The van der Waals surface area contributed by atoms with Crippen molar-refractivity contribution in [3.8, 4) is 0 Å². The monoisotopic (exact) mass is 199 g/mol. The molecule has 0 heterocycles. The highest BCUT2D eigenvalue weighted by Crippen LogP contribution is 2.10. The second kappa shape index (κ2) is 5.81. The molecule has 0 saturated heterocycles. The Hall–Kier alpha value is -0.830. The summed E-state index contributed by atoms with van der Waals surface area (Å²) in [6.07, 6.45) is 2.96. The fourth-order valence-electron chi connectivity index (χ4n) is 1.09. The van der Waals surface area contributed by atoms with Gasteiger partial charge in [-0.05, 0) is 34.2 Å². The van der Waals surface area contributed by atoms with E-state index in [1.165, 1.54) is 0 Å². The fraction of sp³-hybridized carbons (Fsp3) is 0.727. The third kappa shape index (κ3) is 6.66. The van der Waals surface area contributed by atoms with E-state index in [9.17, 15) is 4.79 Å². The molecule has 0 aromatic rings. The molecule has 0 aromatic heterocycles. The summed E-state index contributed by atoms with van der Waals surface area (Å²) in [5, 5.41) is 3.05. The molecule has 3 nitrogen and oxygen atoms in total.